The van der Waals surface area contributed by atoms with Crippen LogP contribution in [0.4, 0.5) is 0 Å². The van der Waals surface area contributed by atoms with Gasteiger partial charge in [0.1, 0.15) is 25.6 Å². The summed E-state index contributed by atoms with van der Waals surface area (Å²) >= 11 is 6.32. The van der Waals surface area contributed by atoms with Crippen molar-refractivity contribution in [3.05, 3.63) is 34.4 Å². The fourth-order valence-corrected chi connectivity index (χ4v) is 3.98. The molecule has 1 aromatic heterocycles. The smallest absolute Gasteiger partial charge is 0.191 e. The zero-order valence-electron chi connectivity index (χ0n) is 17.7. The van der Waals surface area contributed by atoms with Gasteiger partial charge in [0, 0.05) is 33.2 Å². The maximum atomic E-state index is 6.32. The topological polar surface area (TPSA) is 94.8 Å². The number of hydrogen-bond acceptors (Lipinski definition) is 6. The minimum atomic E-state index is 0. The summed E-state index contributed by atoms with van der Waals surface area (Å²) in [6, 6.07) is 4.16. The molecule has 9 nitrogen and oxygen atoms in total. The zero-order valence-corrected chi connectivity index (χ0v) is 20.8. The van der Waals surface area contributed by atoms with Crippen molar-refractivity contribution in [2.45, 2.75) is 38.5 Å². The van der Waals surface area contributed by atoms with Crippen LogP contribution in [-0.4, -0.2) is 60.7 Å². The zero-order chi connectivity index (χ0) is 20.9. The molecule has 0 aliphatic carbocycles. The van der Waals surface area contributed by atoms with Crippen molar-refractivity contribution >= 4 is 41.5 Å². The lowest BCUT2D eigenvalue weighted by Gasteiger charge is -2.25. The van der Waals surface area contributed by atoms with E-state index in [-0.39, 0.29) is 30.0 Å². The molecule has 0 saturated heterocycles. The van der Waals surface area contributed by atoms with Gasteiger partial charge in [0.15, 0.2) is 23.3 Å². The van der Waals surface area contributed by atoms with Crippen LogP contribution in [-0.2, 0) is 30.7 Å². The van der Waals surface area contributed by atoms with Crippen molar-refractivity contribution in [1.82, 2.24) is 25.4 Å². The lowest BCUT2D eigenvalue weighted by atomic mass is 10.1. The molecule has 0 spiro atoms. The maximum Gasteiger partial charge on any atom is 0.191 e. The van der Waals surface area contributed by atoms with E-state index in [9.17, 15) is 0 Å². The Balaban J connectivity index is 0.00000272. The second-order valence-electron chi connectivity index (χ2n) is 7.29. The third-order valence-electron chi connectivity index (χ3n) is 5.10. The van der Waals surface area contributed by atoms with E-state index >= 15 is 0 Å². The third kappa shape index (κ3) is 5.92. The van der Waals surface area contributed by atoms with E-state index in [2.05, 4.69) is 25.7 Å². The Morgan fingerprint density at radius 1 is 1.35 bits per heavy atom. The normalized spacial score (nSPS) is 17.5. The predicted octanol–water partition coefficient (Wildman–Crippen LogP) is 2.19. The SMILES string of the molecule is CN=C(NCCc1cc(Cl)c2c(c1)OCCO2)NC1CCc2nc(COC)nn2C1.I. The highest BCUT2D eigenvalue weighted by Crippen LogP contribution is 2.38. The molecule has 31 heavy (non-hydrogen) atoms. The standard InChI is InChI=1S/C20H27ClN6O3.HI/c1-22-20(24-14-3-4-18-25-17(12-28-2)26-27(18)11-14)23-6-5-13-9-15(21)19-16(10-13)29-7-8-30-19;/h9-10,14H,3-8,11-12H2,1-2H3,(H2,22,23,24);1H. The first-order chi connectivity index (χ1) is 14.7. The predicted molar refractivity (Wildman–Crippen MR) is 129 cm³/mol. The summed E-state index contributed by atoms with van der Waals surface area (Å²) in [6.45, 7) is 2.98. The van der Waals surface area contributed by atoms with Gasteiger partial charge in [-0.05, 0) is 30.5 Å². The van der Waals surface area contributed by atoms with Crippen LogP contribution in [0.3, 0.4) is 0 Å². The Morgan fingerprint density at radius 2 is 2.19 bits per heavy atom. The minimum Gasteiger partial charge on any atom is -0.486 e. The summed E-state index contributed by atoms with van der Waals surface area (Å²) in [4.78, 5) is 8.87. The Kier molecular flexibility index (Phi) is 8.61. The quantitative estimate of drug-likeness (QED) is 0.317. The molecule has 1 aromatic carbocycles. The molecule has 1 atom stereocenters. The van der Waals surface area contributed by atoms with Gasteiger partial charge in [-0.25, -0.2) is 9.67 Å². The number of fused-ring (bicyclic) bond motifs is 2. The highest BCUT2D eigenvalue weighted by molar-refractivity contribution is 14.0. The van der Waals surface area contributed by atoms with Crippen LogP contribution in [0.15, 0.2) is 17.1 Å². The molecular weight excluding hydrogens is 535 g/mol. The van der Waals surface area contributed by atoms with Crippen LogP contribution >= 0.6 is 35.6 Å². The van der Waals surface area contributed by atoms with Crippen molar-refractivity contribution < 1.29 is 14.2 Å². The van der Waals surface area contributed by atoms with E-state index in [1.165, 1.54) is 0 Å². The van der Waals surface area contributed by atoms with Gasteiger partial charge in [0.05, 0.1) is 11.6 Å². The summed E-state index contributed by atoms with van der Waals surface area (Å²) in [7, 11) is 3.43. The number of benzene rings is 1. The minimum absolute atomic E-state index is 0. The Morgan fingerprint density at radius 3 is 3.00 bits per heavy atom. The van der Waals surface area contributed by atoms with Gasteiger partial charge in [-0.15, -0.1) is 24.0 Å². The number of hydrogen-bond donors (Lipinski definition) is 2. The molecule has 11 heteroatoms. The van der Waals surface area contributed by atoms with Crippen molar-refractivity contribution in [3.8, 4) is 11.5 Å². The van der Waals surface area contributed by atoms with Crippen LogP contribution in [0.2, 0.25) is 5.02 Å². The summed E-state index contributed by atoms with van der Waals surface area (Å²) in [5.41, 5.74) is 1.09. The number of nitrogens with one attached hydrogen (secondary N) is 2. The molecular formula is C20H28ClIN6O3. The number of halogens is 2. The number of aliphatic imine (C=N–C) groups is 1. The fraction of sp³-hybridized carbons (Fsp3) is 0.550. The molecule has 0 fully saturated rings. The molecule has 0 amide bonds. The van der Waals surface area contributed by atoms with E-state index in [4.69, 9.17) is 25.8 Å². The Bertz CT molecular complexity index is 923. The Labute approximate surface area is 203 Å². The molecule has 4 rings (SSSR count). The van der Waals surface area contributed by atoms with Crippen molar-refractivity contribution in [1.29, 1.82) is 0 Å². The van der Waals surface area contributed by atoms with E-state index in [1.54, 1.807) is 14.2 Å². The maximum absolute atomic E-state index is 6.32. The molecule has 0 bridgehead atoms. The van der Waals surface area contributed by atoms with Gasteiger partial charge in [0.25, 0.3) is 0 Å². The number of methoxy groups -OCH3 is 1. The molecule has 170 valence electrons. The monoisotopic (exact) mass is 562 g/mol. The van der Waals surface area contributed by atoms with Crippen LogP contribution in [0.25, 0.3) is 0 Å². The van der Waals surface area contributed by atoms with Crippen LogP contribution < -0.4 is 20.1 Å². The van der Waals surface area contributed by atoms with Crippen molar-refractivity contribution in [2.75, 3.05) is 33.9 Å². The van der Waals surface area contributed by atoms with Gasteiger partial charge in [-0.1, -0.05) is 11.6 Å². The average molecular weight is 563 g/mol. The lowest BCUT2D eigenvalue weighted by molar-refractivity contribution is 0.171. The number of guanidine groups is 1. The first-order valence-corrected chi connectivity index (χ1v) is 10.5. The van der Waals surface area contributed by atoms with Gasteiger partial charge in [-0.3, -0.25) is 4.99 Å². The largest absolute Gasteiger partial charge is 0.486 e. The van der Waals surface area contributed by atoms with E-state index in [0.29, 0.717) is 36.3 Å². The molecule has 2 aromatic rings. The molecule has 0 radical (unpaired) electrons. The van der Waals surface area contributed by atoms with E-state index in [1.807, 2.05) is 16.8 Å². The van der Waals surface area contributed by atoms with Gasteiger partial charge < -0.3 is 24.8 Å². The van der Waals surface area contributed by atoms with Crippen molar-refractivity contribution in [3.63, 3.8) is 0 Å². The van der Waals surface area contributed by atoms with Crippen LogP contribution in [0.5, 0.6) is 11.5 Å². The molecule has 2 N–H and O–H groups in total. The van der Waals surface area contributed by atoms with Crippen molar-refractivity contribution in [2.24, 2.45) is 4.99 Å². The second-order valence-corrected chi connectivity index (χ2v) is 7.70. The number of aromatic nitrogens is 3. The van der Waals surface area contributed by atoms with Gasteiger partial charge >= 0.3 is 0 Å². The molecule has 2 aliphatic rings. The number of ether oxygens (including phenoxy) is 3. The lowest BCUT2D eigenvalue weighted by Crippen LogP contribution is -2.47. The first-order valence-electron chi connectivity index (χ1n) is 10.1. The van der Waals surface area contributed by atoms with Crippen LogP contribution in [0, 0.1) is 0 Å². The second kappa shape index (κ2) is 11.2. The summed E-state index contributed by atoms with van der Waals surface area (Å²) in [6.07, 6.45) is 2.64. The molecule has 1 unspecified atom stereocenters. The molecule has 0 saturated carbocycles. The van der Waals surface area contributed by atoms with Crippen LogP contribution in [0.1, 0.15) is 23.6 Å². The summed E-state index contributed by atoms with van der Waals surface area (Å²) in [5, 5.41) is 12.0. The number of nitrogens with zero attached hydrogens (tertiary/aromatic N) is 4. The summed E-state index contributed by atoms with van der Waals surface area (Å²) in [5.74, 6) is 3.86. The average Bonchev–Trinajstić information content (AvgIpc) is 3.15. The highest BCUT2D eigenvalue weighted by atomic mass is 127. The van der Waals surface area contributed by atoms with E-state index < -0.39 is 0 Å². The highest BCUT2D eigenvalue weighted by Gasteiger charge is 2.22. The molecule has 3 heterocycles. The number of rotatable bonds is 6. The molecule has 2 aliphatic heterocycles. The third-order valence-corrected chi connectivity index (χ3v) is 5.38. The van der Waals surface area contributed by atoms with Gasteiger partial charge in [0.2, 0.25) is 0 Å². The first kappa shape index (κ1) is 23.9. The van der Waals surface area contributed by atoms with Gasteiger partial charge in [-0.2, -0.15) is 5.10 Å². The summed E-state index contributed by atoms with van der Waals surface area (Å²) < 4.78 is 18.3. The number of aryl methyl sites for hydroxylation is 1. The fourth-order valence-electron chi connectivity index (χ4n) is 3.69. The Hall–Kier alpha value is -1.79. The van der Waals surface area contributed by atoms with E-state index in [0.717, 1.165) is 55.5 Å².